The zero-order chi connectivity index (χ0) is 12.6. The van der Waals surface area contributed by atoms with Crippen LogP contribution < -0.4 is 0 Å². The lowest BCUT2D eigenvalue weighted by Crippen LogP contribution is -2.56. The van der Waals surface area contributed by atoms with Crippen molar-refractivity contribution in [3.05, 3.63) is 12.7 Å². The zero-order valence-electron chi connectivity index (χ0n) is 11.6. The number of rotatable bonds is 1. The molecule has 1 heterocycles. The highest BCUT2D eigenvalue weighted by Crippen LogP contribution is 2.74. The highest BCUT2D eigenvalue weighted by atomic mass is 16.7. The molecule has 3 aliphatic carbocycles. The molecule has 4 atom stereocenters. The van der Waals surface area contributed by atoms with Gasteiger partial charge in [-0.25, -0.2) is 0 Å². The molecule has 4 rings (SSSR count). The molecule has 0 radical (unpaired) electrons. The molecule has 0 amide bonds. The van der Waals surface area contributed by atoms with Crippen LogP contribution in [0.5, 0.6) is 0 Å². The molecular weight excluding hydrogens is 224 g/mol. The number of ether oxygens (including phenoxy) is 2. The summed E-state index contributed by atoms with van der Waals surface area (Å²) in [7, 11) is 0. The Bertz CT molecular complexity index is 394. The first-order chi connectivity index (χ1) is 8.53. The smallest absolute Gasteiger partial charge is 0.172 e. The molecule has 2 nitrogen and oxygen atoms in total. The van der Waals surface area contributed by atoms with E-state index in [2.05, 4.69) is 26.5 Å². The van der Waals surface area contributed by atoms with Crippen LogP contribution in [-0.4, -0.2) is 19.0 Å². The van der Waals surface area contributed by atoms with Gasteiger partial charge in [-0.05, 0) is 41.9 Å². The molecule has 2 heteroatoms. The Morgan fingerprint density at radius 3 is 2.50 bits per heavy atom. The Labute approximate surface area is 110 Å². The van der Waals surface area contributed by atoms with E-state index in [9.17, 15) is 0 Å². The number of fused-ring (bicyclic) bond motifs is 4. The molecule has 0 aromatic carbocycles. The summed E-state index contributed by atoms with van der Waals surface area (Å²) >= 11 is 0. The molecule has 3 saturated carbocycles. The van der Waals surface area contributed by atoms with Crippen LogP contribution >= 0.6 is 0 Å². The van der Waals surface area contributed by atoms with Crippen LogP contribution in [0.25, 0.3) is 0 Å². The van der Waals surface area contributed by atoms with Gasteiger partial charge in [-0.1, -0.05) is 19.9 Å². The third kappa shape index (κ3) is 1.13. The summed E-state index contributed by atoms with van der Waals surface area (Å²) in [6.45, 7) is 10.6. The zero-order valence-corrected chi connectivity index (χ0v) is 11.6. The molecule has 0 aromatic heterocycles. The van der Waals surface area contributed by atoms with Crippen molar-refractivity contribution in [2.24, 2.45) is 28.6 Å². The third-order valence-electron chi connectivity index (χ3n) is 6.44. The Kier molecular flexibility index (Phi) is 2.05. The third-order valence-corrected chi connectivity index (χ3v) is 6.44. The standard InChI is InChI=1S/C16H24O2/c1-4-15-6-5-14(2,3)13(15)12-11(9-15)10-16(12)17-7-8-18-16/h4,11-13H,1,5-10H2,2-3H3/t11-,12+,13+,15+/m1/s1. The van der Waals surface area contributed by atoms with Crippen LogP contribution in [0.4, 0.5) is 0 Å². The lowest BCUT2D eigenvalue weighted by molar-refractivity contribution is -0.283. The molecule has 0 aromatic rings. The van der Waals surface area contributed by atoms with Gasteiger partial charge in [0.05, 0.1) is 13.2 Å². The number of hydrogen-bond donors (Lipinski definition) is 0. The first-order valence-corrected chi connectivity index (χ1v) is 7.45. The van der Waals surface area contributed by atoms with Crippen LogP contribution in [0.15, 0.2) is 12.7 Å². The molecular formula is C16H24O2. The van der Waals surface area contributed by atoms with Crippen molar-refractivity contribution in [1.82, 2.24) is 0 Å². The van der Waals surface area contributed by atoms with Gasteiger partial charge in [0.2, 0.25) is 0 Å². The fourth-order valence-electron chi connectivity index (χ4n) is 5.85. The largest absolute Gasteiger partial charge is 0.347 e. The molecule has 4 fully saturated rings. The minimum Gasteiger partial charge on any atom is -0.347 e. The van der Waals surface area contributed by atoms with Crippen molar-refractivity contribution in [2.75, 3.05) is 13.2 Å². The van der Waals surface area contributed by atoms with Gasteiger partial charge >= 0.3 is 0 Å². The first kappa shape index (κ1) is 11.5. The Morgan fingerprint density at radius 2 is 1.83 bits per heavy atom. The van der Waals surface area contributed by atoms with Gasteiger partial charge in [0, 0.05) is 12.3 Å². The maximum atomic E-state index is 6.02. The predicted molar refractivity (Wildman–Crippen MR) is 70.0 cm³/mol. The summed E-state index contributed by atoms with van der Waals surface area (Å²) in [5.41, 5.74) is 0.786. The second-order valence-electron chi connectivity index (χ2n) is 7.61. The van der Waals surface area contributed by atoms with Gasteiger partial charge in [-0.2, -0.15) is 0 Å². The van der Waals surface area contributed by atoms with Crippen molar-refractivity contribution >= 4 is 0 Å². The highest BCUT2D eigenvalue weighted by molar-refractivity contribution is 5.22. The summed E-state index contributed by atoms with van der Waals surface area (Å²) in [6.07, 6.45) is 7.36. The van der Waals surface area contributed by atoms with E-state index in [4.69, 9.17) is 9.47 Å². The quantitative estimate of drug-likeness (QED) is 0.662. The normalized spacial score (nSPS) is 50.9. The van der Waals surface area contributed by atoms with E-state index in [0.29, 0.717) is 22.7 Å². The summed E-state index contributed by atoms with van der Waals surface area (Å²) in [4.78, 5) is 0. The van der Waals surface area contributed by atoms with Gasteiger partial charge < -0.3 is 9.47 Å². The van der Waals surface area contributed by atoms with E-state index in [1.165, 1.54) is 19.3 Å². The molecule has 4 aliphatic rings. The first-order valence-electron chi connectivity index (χ1n) is 7.45. The lowest BCUT2D eigenvalue weighted by Gasteiger charge is -2.52. The molecule has 0 N–H and O–H groups in total. The van der Waals surface area contributed by atoms with E-state index >= 15 is 0 Å². The molecule has 100 valence electrons. The molecule has 1 aliphatic heterocycles. The van der Waals surface area contributed by atoms with Crippen molar-refractivity contribution in [2.45, 2.75) is 45.3 Å². The molecule has 1 spiro atoms. The lowest BCUT2D eigenvalue weighted by atomic mass is 9.60. The minimum absolute atomic E-state index is 0.207. The second kappa shape index (κ2) is 3.21. The van der Waals surface area contributed by atoms with E-state index in [1.807, 2.05) is 0 Å². The fourth-order valence-corrected chi connectivity index (χ4v) is 5.85. The maximum Gasteiger partial charge on any atom is 0.172 e. The average molecular weight is 248 g/mol. The van der Waals surface area contributed by atoms with Crippen molar-refractivity contribution in [1.29, 1.82) is 0 Å². The van der Waals surface area contributed by atoms with Crippen molar-refractivity contribution < 1.29 is 9.47 Å². The number of allylic oxidation sites excluding steroid dienone is 1. The van der Waals surface area contributed by atoms with Gasteiger partial charge in [-0.3, -0.25) is 0 Å². The molecule has 0 unspecified atom stereocenters. The van der Waals surface area contributed by atoms with Crippen molar-refractivity contribution in [3.63, 3.8) is 0 Å². The topological polar surface area (TPSA) is 18.5 Å². The fraction of sp³-hybridized carbons (Fsp3) is 0.875. The summed E-state index contributed by atoms with van der Waals surface area (Å²) in [5.74, 6) is 1.93. The predicted octanol–water partition coefficient (Wildman–Crippen LogP) is 3.38. The van der Waals surface area contributed by atoms with Crippen LogP contribution in [-0.2, 0) is 9.47 Å². The SMILES string of the molecule is C=C[C@@]12CCC(C)(C)[C@@H]1[C@@H]1[C@@H](CC13OCCO3)C2. The van der Waals surface area contributed by atoms with Crippen LogP contribution in [0.2, 0.25) is 0 Å². The molecule has 0 bridgehead atoms. The van der Waals surface area contributed by atoms with Crippen LogP contribution in [0.3, 0.4) is 0 Å². The summed E-state index contributed by atoms with van der Waals surface area (Å²) in [6, 6.07) is 0. The van der Waals surface area contributed by atoms with Crippen LogP contribution in [0, 0.1) is 28.6 Å². The van der Waals surface area contributed by atoms with E-state index in [1.54, 1.807) is 0 Å². The van der Waals surface area contributed by atoms with Gasteiger partial charge in [-0.15, -0.1) is 6.58 Å². The monoisotopic (exact) mass is 248 g/mol. The minimum atomic E-state index is -0.207. The van der Waals surface area contributed by atoms with E-state index < -0.39 is 0 Å². The Hall–Kier alpha value is -0.340. The second-order valence-corrected chi connectivity index (χ2v) is 7.61. The van der Waals surface area contributed by atoms with Gasteiger partial charge in [0.1, 0.15) is 0 Å². The average Bonchev–Trinajstić information content (AvgIpc) is 2.94. The van der Waals surface area contributed by atoms with Crippen LogP contribution in [0.1, 0.15) is 39.5 Å². The van der Waals surface area contributed by atoms with E-state index in [0.717, 1.165) is 25.6 Å². The summed E-state index contributed by atoms with van der Waals surface area (Å²) < 4.78 is 12.0. The van der Waals surface area contributed by atoms with Gasteiger partial charge in [0.15, 0.2) is 5.79 Å². The van der Waals surface area contributed by atoms with Gasteiger partial charge in [0.25, 0.3) is 0 Å². The number of hydrogen-bond acceptors (Lipinski definition) is 2. The Morgan fingerprint density at radius 1 is 1.11 bits per heavy atom. The molecule has 1 saturated heterocycles. The maximum absolute atomic E-state index is 6.02. The van der Waals surface area contributed by atoms with E-state index in [-0.39, 0.29) is 5.79 Å². The molecule has 18 heavy (non-hydrogen) atoms. The van der Waals surface area contributed by atoms with Crippen molar-refractivity contribution in [3.8, 4) is 0 Å². The highest BCUT2D eigenvalue weighted by Gasteiger charge is 2.72. The Balaban J connectivity index is 1.75. The summed E-state index contributed by atoms with van der Waals surface area (Å²) in [5, 5.41) is 0.